The van der Waals surface area contributed by atoms with Crippen LogP contribution in [0.1, 0.15) is 24.2 Å². The van der Waals surface area contributed by atoms with Crippen LogP contribution in [0.15, 0.2) is 41.3 Å². The van der Waals surface area contributed by atoms with Crippen LogP contribution in [0.2, 0.25) is 0 Å². The minimum Gasteiger partial charge on any atom is -0.355 e. The number of aryl methyl sites for hydroxylation is 1. The lowest BCUT2D eigenvalue weighted by Gasteiger charge is -2.32. The average molecular weight is 465 g/mol. The fraction of sp³-hybridized carbons (Fsp3) is 0.429. The number of amides is 1. The number of anilines is 1. The number of alkyl halides is 3. The predicted octanol–water partition coefficient (Wildman–Crippen LogP) is 3.58. The molecule has 0 atom stereocenters. The Hall–Kier alpha value is -2.82. The monoisotopic (exact) mass is 464 g/mol. The molecule has 0 spiro atoms. The first kappa shape index (κ1) is 22.4. The molecule has 1 N–H and O–H groups in total. The van der Waals surface area contributed by atoms with Gasteiger partial charge in [0.05, 0.1) is 0 Å². The molecular formula is C21H23F3N6OS. The Morgan fingerprint density at radius 3 is 2.53 bits per heavy atom. The Labute approximate surface area is 187 Å². The van der Waals surface area contributed by atoms with E-state index in [-0.39, 0.29) is 17.5 Å². The van der Waals surface area contributed by atoms with Gasteiger partial charge in [0.15, 0.2) is 5.65 Å². The number of rotatable bonds is 6. The van der Waals surface area contributed by atoms with Crippen LogP contribution in [0.25, 0.3) is 5.65 Å². The molecule has 170 valence electrons. The second kappa shape index (κ2) is 9.35. The van der Waals surface area contributed by atoms with Gasteiger partial charge in [-0.1, -0.05) is 17.7 Å². The molecule has 0 saturated carbocycles. The highest BCUT2D eigenvalue weighted by Gasteiger charge is 2.38. The van der Waals surface area contributed by atoms with Gasteiger partial charge >= 0.3 is 6.18 Å². The van der Waals surface area contributed by atoms with Crippen LogP contribution in [0.3, 0.4) is 0 Å². The van der Waals surface area contributed by atoms with Crippen molar-refractivity contribution in [1.29, 1.82) is 0 Å². The largest absolute Gasteiger partial charge is 0.453 e. The summed E-state index contributed by atoms with van der Waals surface area (Å²) in [6.07, 6.45) is -3.40. The molecule has 7 nitrogen and oxygen atoms in total. The van der Waals surface area contributed by atoms with Crippen molar-refractivity contribution >= 4 is 29.1 Å². The number of nitrogens with one attached hydrogen (secondary N) is 1. The lowest BCUT2D eigenvalue weighted by molar-refractivity contribution is -0.146. The summed E-state index contributed by atoms with van der Waals surface area (Å²) in [4.78, 5) is 15.5. The van der Waals surface area contributed by atoms with Crippen molar-refractivity contribution in [3.05, 3.63) is 47.8 Å². The van der Waals surface area contributed by atoms with Crippen molar-refractivity contribution in [2.45, 2.75) is 30.8 Å². The van der Waals surface area contributed by atoms with E-state index in [1.807, 2.05) is 11.8 Å². The standard InChI is InChI=1S/C21H23F3N6OS/c1-14-2-4-16(5-3-14)32-13-10-25-19(31)15-8-11-29(12-9-15)18-7-6-17-26-27-20(21(22,23)24)30(17)28-18/h2-7,15H,8-13H2,1H3,(H,25,31). The van der Waals surface area contributed by atoms with Crippen LogP contribution >= 0.6 is 11.8 Å². The van der Waals surface area contributed by atoms with Crippen molar-refractivity contribution < 1.29 is 18.0 Å². The number of halogens is 3. The number of thioether (sulfide) groups is 1. The third-order valence-electron chi connectivity index (χ3n) is 5.38. The Morgan fingerprint density at radius 1 is 1.12 bits per heavy atom. The molecule has 1 fully saturated rings. The van der Waals surface area contributed by atoms with E-state index < -0.39 is 12.0 Å². The normalized spacial score (nSPS) is 15.3. The van der Waals surface area contributed by atoms with Gasteiger partial charge in [0.2, 0.25) is 5.91 Å². The second-order valence-corrected chi connectivity index (χ2v) is 8.87. The number of carbonyl (C=O) groups excluding carboxylic acids is 1. The molecule has 0 radical (unpaired) electrons. The lowest BCUT2D eigenvalue weighted by atomic mass is 9.96. The molecule has 0 unspecified atom stereocenters. The summed E-state index contributed by atoms with van der Waals surface area (Å²) in [5.41, 5.74) is 1.26. The molecular weight excluding hydrogens is 441 g/mol. The number of aromatic nitrogens is 4. The van der Waals surface area contributed by atoms with Gasteiger partial charge in [0.25, 0.3) is 5.82 Å². The van der Waals surface area contributed by atoms with E-state index in [9.17, 15) is 18.0 Å². The molecule has 1 saturated heterocycles. The van der Waals surface area contributed by atoms with Crippen LogP contribution in [-0.4, -0.2) is 51.1 Å². The quantitative estimate of drug-likeness (QED) is 0.444. The Kier molecular flexibility index (Phi) is 6.54. The maximum Gasteiger partial charge on any atom is 0.453 e. The number of piperidine rings is 1. The number of nitrogens with zero attached hydrogens (tertiary/aromatic N) is 5. The maximum absolute atomic E-state index is 13.1. The summed E-state index contributed by atoms with van der Waals surface area (Å²) < 4.78 is 40.0. The smallest absolute Gasteiger partial charge is 0.355 e. The molecule has 1 aliphatic rings. The van der Waals surface area contributed by atoms with Gasteiger partial charge < -0.3 is 10.2 Å². The van der Waals surface area contributed by atoms with Gasteiger partial charge in [-0.15, -0.1) is 27.1 Å². The molecule has 0 aliphatic carbocycles. The van der Waals surface area contributed by atoms with Gasteiger partial charge in [-0.25, -0.2) is 0 Å². The summed E-state index contributed by atoms with van der Waals surface area (Å²) in [5, 5.41) is 13.8. The highest BCUT2D eigenvalue weighted by molar-refractivity contribution is 7.99. The van der Waals surface area contributed by atoms with Gasteiger partial charge in [-0.2, -0.15) is 17.7 Å². The van der Waals surface area contributed by atoms with Crippen molar-refractivity contribution in [2.75, 3.05) is 30.3 Å². The van der Waals surface area contributed by atoms with Crippen molar-refractivity contribution in [3.63, 3.8) is 0 Å². The van der Waals surface area contributed by atoms with Crippen LogP contribution in [0.4, 0.5) is 19.0 Å². The SMILES string of the molecule is Cc1ccc(SCCNC(=O)C2CCN(c3ccc4nnc(C(F)(F)F)n4n3)CC2)cc1. The molecule has 2 aromatic heterocycles. The molecule has 4 rings (SSSR count). The highest BCUT2D eigenvalue weighted by Crippen LogP contribution is 2.28. The minimum absolute atomic E-state index is 0.0238. The summed E-state index contributed by atoms with van der Waals surface area (Å²) in [5.74, 6) is -0.0306. The molecule has 1 amide bonds. The van der Waals surface area contributed by atoms with E-state index in [4.69, 9.17) is 0 Å². The van der Waals surface area contributed by atoms with Crippen molar-refractivity contribution in [1.82, 2.24) is 25.1 Å². The maximum atomic E-state index is 13.1. The van der Waals surface area contributed by atoms with E-state index in [0.29, 0.717) is 38.3 Å². The fourth-order valence-corrected chi connectivity index (χ4v) is 4.39. The van der Waals surface area contributed by atoms with Crippen molar-refractivity contribution in [3.8, 4) is 0 Å². The number of carbonyl (C=O) groups is 1. The second-order valence-electron chi connectivity index (χ2n) is 7.70. The molecule has 1 aliphatic heterocycles. The molecule has 3 aromatic rings. The van der Waals surface area contributed by atoms with E-state index in [2.05, 4.69) is 44.9 Å². The average Bonchev–Trinajstić information content (AvgIpc) is 3.22. The first-order valence-electron chi connectivity index (χ1n) is 10.3. The molecule has 11 heteroatoms. The third kappa shape index (κ3) is 5.14. The summed E-state index contributed by atoms with van der Waals surface area (Å²) in [6.45, 7) is 3.71. The van der Waals surface area contributed by atoms with E-state index in [1.165, 1.54) is 16.5 Å². The lowest BCUT2D eigenvalue weighted by Crippen LogP contribution is -2.41. The number of hydrogen-bond donors (Lipinski definition) is 1. The summed E-state index contributed by atoms with van der Waals surface area (Å²) >= 11 is 1.70. The van der Waals surface area contributed by atoms with Gasteiger partial charge in [0.1, 0.15) is 5.82 Å². The van der Waals surface area contributed by atoms with E-state index >= 15 is 0 Å². The van der Waals surface area contributed by atoms with E-state index in [1.54, 1.807) is 17.8 Å². The molecule has 0 bridgehead atoms. The van der Waals surface area contributed by atoms with Gasteiger partial charge in [-0.05, 0) is 44.0 Å². The Balaban J connectivity index is 1.27. The number of hydrogen-bond acceptors (Lipinski definition) is 6. The number of fused-ring (bicyclic) bond motifs is 1. The van der Waals surface area contributed by atoms with Crippen molar-refractivity contribution in [2.24, 2.45) is 5.92 Å². The van der Waals surface area contributed by atoms with E-state index in [0.717, 1.165) is 10.3 Å². The Morgan fingerprint density at radius 2 is 1.84 bits per heavy atom. The zero-order valence-electron chi connectivity index (χ0n) is 17.5. The predicted molar refractivity (Wildman–Crippen MR) is 116 cm³/mol. The summed E-state index contributed by atoms with van der Waals surface area (Å²) in [7, 11) is 0. The fourth-order valence-electron chi connectivity index (χ4n) is 3.62. The first-order valence-corrected chi connectivity index (χ1v) is 11.3. The Bertz CT molecular complexity index is 1080. The zero-order chi connectivity index (χ0) is 22.7. The highest BCUT2D eigenvalue weighted by atomic mass is 32.2. The molecule has 3 heterocycles. The molecule has 32 heavy (non-hydrogen) atoms. The molecule has 1 aromatic carbocycles. The first-order chi connectivity index (χ1) is 15.3. The topological polar surface area (TPSA) is 75.4 Å². The van der Waals surface area contributed by atoms with Gasteiger partial charge in [0, 0.05) is 36.2 Å². The number of benzene rings is 1. The summed E-state index contributed by atoms with van der Waals surface area (Å²) in [6, 6.07) is 11.4. The zero-order valence-corrected chi connectivity index (χ0v) is 18.3. The van der Waals surface area contributed by atoms with Gasteiger partial charge in [-0.3, -0.25) is 4.79 Å². The van der Waals surface area contributed by atoms with Crippen LogP contribution in [0, 0.1) is 12.8 Å². The van der Waals surface area contributed by atoms with Crippen LogP contribution in [0.5, 0.6) is 0 Å². The third-order valence-corrected chi connectivity index (χ3v) is 6.40. The minimum atomic E-state index is -4.63. The van der Waals surface area contributed by atoms with Crippen LogP contribution in [-0.2, 0) is 11.0 Å². The van der Waals surface area contributed by atoms with Crippen LogP contribution < -0.4 is 10.2 Å².